The van der Waals surface area contributed by atoms with Crippen LogP contribution in [-0.4, -0.2) is 33.2 Å². The molecule has 0 fully saturated rings. The summed E-state index contributed by atoms with van der Waals surface area (Å²) < 4.78 is -0.257. The van der Waals surface area contributed by atoms with Crippen LogP contribution < -0.4 is 0 Å². The van der Waals surface area contributed by atoms with Crippen LogP contribution in [0.4, 0.5) is 0 Å². The lowest BCUT2D eigenvalue weighted by Gasteiger charge is -2.06. The standard InChI is InChI=1S/C9H5BrO6/c10-6-4(8(13)14)2-1-3(7(11)12)5(6)9(15)16/h1-2H,(H,11,12)(H,13,14)(H,15,16). The number of carbonyl (C=O) groups is 3. The van der Waals surface area contributed by atoms with Gasteiger partial charge in [0.1, 0.15) is 0 Å². The van der Waals surface area contributed by atoms with Crippen molar-refractivity contribution in [1.29, 1.82) is 0 Å². The van der Waals surface area contributed by atoms with Crippen molar-refractivity contribution in [3.8, 4) is 0 Å². The first-order valence-electron chi connectivity index (χ1n) is 3.88. The molecule has 0 atom stereocenters. The topological polar surface area (TPSA) is 112 Å². The highest BCUT2D eigenvalue weighted by Crippen LogP contribution is 2.25. The van der Waals surface area contributed by atoms with Gasteiger partial charge in [0.2, 0.25) is 0 Å². The van der Waals surface area contributed by atoms with Gasteiger partial charge < -0.3 is 15.3 Å². The van der Waals surface area contributed by atoms with Gasteiger partial charge in [0.05, 0.1) is 16.7 Å². The van der Waals surface area contributed by atoms with E-state index in [1.54, 1.807) is 0 Å². The molecule has 0 saturated carbocycles. The Kier molecular flexibility index (Phi) is 3.28. The van der Waals surface area contributed by atoms with Gasteiger partial charge in [0, 0.05) is 4.47 Å². The highest BCUT2D eigenvalue weighted by Gasteiger charge is 2.23. The van der Waals surface area contributed by atoms with Gasteiger partial charge in [0.25, 0.3) is 0 Å². The second-order valence-electron chi connectivity index (χ2n) is 2.77. The molecular formula is C9H5BrO6. The van der Waals surface area contributed by atoms with Crippen LogP contribution in [0, 0.1) is 0 Å². The molecule has 7 heteroatoms. The van der Waals surface area contributed by atoms with E-state index in [9.17, 15) is 14.4 Å². The van der Waals surface area contributed by atoms with E-state index in [0.717, 1.165) is 12.1 Å². The van der Waals surface area contributed by atoms with Crippen molar-refractivity contribution in [1.82, 2.24) is 0 Å². The van der Waals surface area contributed by atoms with Crippen LogP contribution in [0.2, 0.25) is 0 Å². The molecule has 0 aliphatic rings. The summed E-state index contributed by atoms with van der Waals surface area (Å²) in [5.41, 5.74) is -1.35. The lowest BCUT2D eigenvalue weighted by molar-refractivity contribution is 0.0648. The predicted molar refractivity (Wildman–Crippen MR) is 55.0 cm³/mol. The summed E-state index contributed by atoms with van der Waals surface area (Å²) in [4.78, 5) is 32.3. The number of rotatable bonds is 3. The summed E-state index contributed by atoms with van der Waals surface area (Å²) >= 11 is 2.78. The summed E-state index contributed by atoms with van der Waals surface area (Å²) in [6.45, 7) is 0. The third-order valence-electron chi connectivity index (χ3n) is 1.82. The van der Waals surface area contributed by atoms with Gasteiger partial charge in [-0.15, -0.1) is 0 Å². The number of hydrogen-bond donors (Lipinski definition) is 3. The first kappa shape index (κ1) is 12.2. The van der Waals surface area contributed by atoms with Crippen LogP contribution >= 0.6 is 15.9 Å². The van der Waals surface area contributed by atoms with E-state index in [4.69, 9.17) is 15.3 Å². The van der Waals surface area contributed by atoms with Gasteiger partial charge in [-0.25, -0.2) is 14.4 Å². The predicted octanol–water partition coefficient (Wildman–Crippen LogP) is 1.54. The van der Waals surface area contributed by atoms with E-state index in [1.165, 1.54) is 0 Å². The van der Waals surface area contributed by atoms with Gasteiger partial charge in [-0.05, 0) is 28.1 Å². The van der Waals surface area contributed by atoms with E-state index in [1.807, 2.05) is 0 Å². The molecule has 84 valence electrons. The lowest BCUT2D eigenvalue weighted by atomic mass is 10.0. The number of halogens is 1. The summed E-state index contributed by atoms with van der Waals surface area (Å²) in [7, 11) is 0. The Bertz CT molecular complexity index is 493. The largest absolute Gasteiger partial charge is 0.478 e. The zero-order valence-corrected chi connectivity index (χ0v) is 9.19. The third-order valence-corrected chi connectivity index (χ3v) is 2.64. The second-order valence-corrected chi connectivity index (χ2v) is 3.56. The molecule has 1 aromatic rings. The van der Waals surface area contributed by atoms with Crippen molar-refractivity contribution in [2.24, 2.45) is 0 Å². The van der Waals surface area contributed by atoms with Crippen molar-refractivity contribution in [3.05, 3.63) is 33.3 Å². The van der Waals surface area contributed by atoms with E-state index >= 15 is 0 Å². The average Bonchev–Trinajstić information content (AvgIpc) is 2.15. The molecule has 0 aromatic heterocycles. The van der Waals surface area contributed by atoms with E-state index in [-0.39, 0.29) is 10.0 Å². The van der Waals surface area contributed by atoms with Gasteiger partial charge in [0.15, 0.2) is 0 Å². The highest BCUT2D eigenvalue weighted by atomic mass is 79.9. The fourth-order valence-electron chi connectivity index (χ4n) is 1.13. The minimum Gasteiger partial charge on any atom is -0.478 e. The molecule has 0 amide bonds. The first-order chi connectivity index (χ1) is 7.36. The fourth-order valence-corrected chi connectivity index (χ4v) is 1.81. The minimum absolute atomic E-state index is 0.257. The van der Waals surface area contributed by atoms with Crippen molar-refractivity contribution in [2.75, 3.05) is 0 Å². The van der Waals surface area contributed by atoms with E-state index < -0.39 is 29.0 Å². The molecule has 0 radical (unpaired) electrons. The molecular weight excluding hydrogens is 284 g/mol. The van der Waals surface area contributed by atoms with Crippen molar-refractivity contribution >= 4 is 33.8 Å². The molecule has 0 aliphatic carbocycles. The summed E-state index contributed by atoms with van der Waals surface area (Å²) in [6.07, 6.45) is 0. The fraction of sp³-hybridized carbons (Fsp3) is 0. The molecule has 1 rings (SSSR count). The van der Waals surface area contributed by atoms with Crippen LogP contribution in [0.5, 0.6) is 0 Å². The number of benzene rings is 1. The number of carboxylic acids is 3. The molecule has 0 saturated heterocycles. The molecule has 16 heavy (non-hydrogen) atoms. The second kappa shape index (κ2) is 4.31. The van der Waals surface area contributed by atoms with Crippen molar-refractivity contribution < 1.29 is 29.7 Å². The third kappa shape index (κ3) is 2.03. The number of hydrogen-bond acceptors (Lipinski definition) is 3. The van der Waals surface area contributed by atoms with Gasteiger partial charge >= 0.3 is 17.9 Å². The Morgan fingerprint density at radius 1 is 0.875 bits per heavy atom. The van der Waals surface area contributed by atoms with E-state index in [2.05, 4.69) is 15.9 Å². The molecule has 0 spiro atoms. The quantitative estimate of drug-likeness (QED) is 0.778. The maximum atomic E-state index is 10.8. The number of carboxylic acid groups (broad SMARTS) is 3. The Hall–Kier alpha value is -1.89. The van der Waals surface area contributed by atoms with Crippen LogP contribution in [0.3, 0.4) is 0 Å². The lowest BCUT2D eigenvalue weighted by Crippen LogP contribution is -2.12. The average molecular weight is 289 g/mol. The zero-order valence-electron chi connectivity index (χ0n) is 7.60. The van der Waals surface area contributed by atoms with Gasteiger partial charge in [-0.1, -0.05) is 0 Å². The summed E-state index contributed by atoms with van der Waals surface area (Å²) in [5.74, 6) is -4.28. The minimum atomic E-state index is -1.51. The zero-order chi connectivity index (χ0) is 12.5. The SMILES string of the molecule is O=C(O)c1ccc(C(=O)O)c(C(=O)O)c1Br. The molecule has 0 bridgehead atoms. The maximum absolute atomic E-state index is 10.8. The van der Waals surface area contributed by atoms with Gasteiger partial charge in [-0.3, -0.25) is 0 Å². The first-order valence-corrected chi connectivity index (χ1v) is 4.68. The van der Waals surface area contributed by atoms with Gasteiger partial charge in [-0.2, -0.15) is 0 Å². The molecule has 0 aliphatic heterocycles. The normalized spacial score (nSPS) is 9.81. The van der Waals surface area contributed by atoms with Crippen molar-refractivity contribution in [2.45, 2.75) is 0 Å². The molecule has 0 unspecified atom stereocenters. The molecule has 1 aromatic carbocycles. The maximum Gasteiger partial charge on any atom is 0.337 e. The Labute approximate surface area is 97.3 Å². The van der Waals surface area contributed by atoms with Crippen LogP contribution in [0.25, 0.3) is 0 Å². The molecule has 0 heterocycles. The Morgan fingerprint density at radius 3 is 1.69 bits per heavy atom. The van der Waals surface area contributed by atoms with Crippen molar-refractivity contribution in [3.63, 3.8) is 0 Å². The van der Waals surface area contributed by atoms with E-state index in [0.29, 0.717) is 0 Å². The van der Waals surface area contributed by atoms with Crippen LogP contribution in [-0.2, 0) is 0 Å². The summed E-state index contributed by atoms with van der Waals surface area (Å²) in [6, 6.07) is 1.97. The monoisotopic (exact) mass is 288 g/mol. The van der Waals surface area contributed by atoms with Crippen LogP contribution in [0.15, 0.2) is 16.6 Å². The summed E-state index contributed by atoms with van der Waals surface area (Å²) in [5, 5.41) is 26.3. The number of aromatic carboxylic acids is 3. The smallest absolute Gasteiger partial charge is 0.337 e. The molecule has 6 nitrogen and oxygen atoms in total. The molecule has 3 N–H and O–H groups in total. The Balaban J connectivity index is 3.60. The Morgan fingerprint density at radius 2 is 1.31 bits per heavy atom. The highest BCUT2D eigenvalue weighted by molar-refractivity contribution is 9.10. The van der Waals surface area contributed by atoms with Crippen LogP contribution in [0.1, 0.15) is 31.1 Å².